The molecule has 0 aromatic rings. The Hall–Kier alpha value is -0.660. The van der Waals surface area contributed by atoms with E-state index in [0.29, 0.717) is 24.7 Å². The summed E-state index contributed by atoms with van der Waals surface area (Å²) in [6.45, 7) is 6.26. The molecule has 0 heterocycles. The lowest BCUT2D eigenvalue weighted by Gasteiger charge is -2.36. The molecule has 1 aliphatic rings. The van der Waals surface area contributed by atoms with Gasteiger partial charge in [0.1, 0.15) is 12.1 Å². The zero-order valence-electron chi connectivity index (χ0n) is 9.38. The van der Waals surface area contributed by atoms with Crippen LogP contribution in [0.4, 0.5) is 0 Å². The van der Waals surface area contributed by atoms with E-state index in [1.165, 1.54) is 0 Å². The Morgan fingerprint density at radius 3 is 2.64 bits per heavy atom. The maximum Gasteiger partial charge on any atom is 0.139 e. The van der Waals surface area contributed by atoms with Crippen molar-refractivity contribution in [3.05, 3.63) is 0 Å². The third-order valence-electron chi connectivity index (χ3n) is 3.66. The van der Waals surface area contributed by atoms with Crippen LogP contribution in [0.5, 0.6) is 0 Å². The number of carbonyl (C=O) groups excluding carboxylic acids is 2. The van der Waals surface area contributed by atoms with Crippen molar-refractivity contribution < 1.29 is 9.59 Å². The Kier molecular flexibility index (Phi) is 3.46. The molecule has 14 heavy (non-hydrogen) atoms. The van der Waals surface area contributed by atoms with E-state index in [1.807, 2.05) is 6.92 Å². The van der Waals surface area contributed by atoms with Gasteiger partial charge in [-0.25, -0.2) is 0 Å². The second-order valence-corrected chi connectivity index (χ2v) is 5.10. The number of hydrogen-bond donors (Lipinski definition) is 0. The number of rotatable bonds is 3. The van der Waals surface area contributed by atoms with Crippen LogP contribution < -0.4 is 0 Å². The largest absolute Gasteiger partial charge is 0.303 e. The zero-order chi connectivity index (χ0) is 10.8. The van der Waals surface area contributed by atoms with Crippen LogP contribution in [0.3, 0.4) is 0 Å². The molecule has 0 aromatic heterocycles. The van der Waals surface area contributed by atoms with E-state index >= 15 is 0 Å². The van der Waals surface area contributed by atoms with Gasteiger partial charge in [0, 0.05) is 18.3 Å². The van der Waals surface area contributed by atoms with E-state index < -0.39 is 0 Å². The molecule has 0 aromatic carbocycles. The lowest BCUT2D eigenvalue weighted by atomic mass is 9.67. The highest BCUT2D eigenvalue weighted by atomic mass is 16.1. The van der Waals surface area contributed by atoms with Crippen LogP contribution in [-0.4, -0.2) is 12.1 Å². The maximum absolute atomic E-state index is 11.9. The van der Waals surface area contributed by atoms with Crippen LogP contribution in [0, 0.1) is 17.3 Å². The van der Waals surface area contributed by atoms with Gasteiger partial charge >= 0.3 is 0 Å². The summed E-state index contributed by atoms with van der Waals surface area (Å²) in [4.78, 5) is 22.3. The van der Waals surface area contributed by atoms with E-state index in [-0.39, 0.29) is 11.2 Å². The molecule has 1 aliphatic carbocycles. The van der Waals surface area contributed by atoms with Crippen LogP contribution in [0.2, 0.25) is 0 Å². The van der Waals surface area contributed by atoms with Gasteiger partial charge in [-0.15, -0.1) is 0 Å². The average molecular weight is 196 g/mol. The van der Waals surface area contributed by atoms with Crippen molar-refractivity contribution in [1.82, 2.24) is 0 Å². The van der Waals surface area contributed by atoms with Crippen LogP contribution in [0.1, 0.15) is 46.5 Å². The normalized spacial score (nSPS) is 33.4. The minimum absolute atomic E-state index is 0.287. The first-order valence-corrected chi connectivity index (χ1v) is 5.46. The quantitative estimate of drug-likeness (QED) is 0.650. The molecule has 80 valence electrons. The Balaban J connectivity index is 2.64. The van der Waals surface area contributed by atoms with Gasteiger partial charge in [-0.2, -0.15) is 0 Å². The van der Waals surface area contributed by atoms with Gasteiger partial charge < -0.3 is 4.79 Å². The molecule has 0 N–H and O–H groups in total. The molecule has 1 fully saturated rings. The molecular formula is C12H20O2. The predicted molar refractivity (Wildman–Crippen MR) is 56.0 cm³/mol. The van der Waals surface area contributed by atoms with Crippen molar-refractivity contribution in [2.45, 2.75) is 46.5 Å². The first kappa shape index (κ1) is 11.4. The summed E-state index contributed by atoms with van der Waals surface area (Å²) >= 11 is 0. The van der Waals surface area contributed by atoms with E-state index in [4.69, 9.17) is 0 Å². The van der Waals surface area contributed by atoms with Gasteiger partial charge in [0.15, 0.2) is 0 Å². The Bertz CT molecular complexity index is 232. The van der Waals surface area contributed by atoms with Gasteiger partial charge in [-0.3, -0.25) is 4.79 Å². The van der Waals surface area contributed by atoms with Crippen molar-refractivity contribution in [1.29, 1.82) is 0 Å². The fraction of sp³-hybridized carbons (Fsp3) is 0.833. The van der Waals surface area contributed by atoms with E-state index in [2.05, 4.69) is 13.8 Å². The highest BCUT2D eigenvalue weighted by Crippen LogP contribution is 2.40. The van der Waals surface area contributed by atoms with Gasteiger partial charge in [0.05, 0.1) is 0 Å². The van der Waals surface area contributed by atoms with Crippen LogP contribution in [-0.2, 0) is 9.59 Å². The summed E-state index contributed by atoms with van der Waals surface area (Å²) in [5, 5.41) is 0. The van der Waals surface area contributed by atoms with Crippen LogP contribution >= 0.6 is 0 Å². The topological polar surface area (TPSA) is 34.1 Å². The van der Waals surface area contributed by atoms with Crippen molar-refractivity contribution in [3.63, 3.8) is 0 Å². The summed E-state index contributed by atoms with van der Waals surface area (Å²) in [5.41, 5.74) is -0.354. The van der Waals surface area contributed by atoms with Crippen LogP contribution in [0.25, 0.3) is 0 Å². The molecule has 0 bridgehead atoms. The molecule has 1 rings (SSSR count). The van der Waals surface area contributed by atoms with Gasteiger partial charge in [0.2, 0.25) is 0 Å². The molecule has 2 atom stereocenters. The summed E-state index contributed by atoms with van der Waals surface area (Å²) in [6.07, 6.45) is 3.92. The Labute approximate surface area is 86.1 Å². The minimum Gasteiger partial charge on any atom is -0.303 e. The van der Waals surface area contributed by atoms with Crippen molar-refractivity contribution in [3.8, 4) is 0 Å². The molecular weight excluding hydrogens is 176 g/mol. The second-order valence-electron chi connectivity index (χ2n) is 5.10. The average Bonchev–Trinajstić information content (AvgIpc) is 2.10. The molecule has 1 saturated carbocycles. The fourth-order valence-corrected chi connectivity index (χ4v) is 2.20. The van der Waals surface area contributed by atoms with Gasteiger partial charge in [0.25, 0.3) is 0 Å². The summed E-state index contributed by atoms with van der Waals surface area (Å²) in [7, 11) is 0. The van der Waals surface area contributed by atoms with E-state index in [9.17, 15) is 9.59 Å². The first-order chi connectivity index (χ1) is 6.49. The third-order valence-corrected chi connectivity index (χ3v) is 3.66. The molecule has 0 amide bonds. The molecule has 2 nitrogen and oxygen atoms in total. The van der Waals surface area contributed by atoms with Gasteiger partial charge in [-0.1, -0.05) is 20.8 Å². The minimum atomic E-state index is -0.354. The highest BCUT2D eigenvalue weighted by Gasteiger charge is 2.38. The van der Waals surface area contributed by atoms with E-state index in [1.54, 1.807) is 0 Å². The zero-order valence-corrected chi connectivity index (χ0v) is 9.38. The van der Waals surface area contributed by atoms with Crippen molar-refractivity contribution in [2.75, 3.05) is 0 Å². The van der Waals surface area contributed by atoms with Crippen LogP contribution in [0.15, 0.2) is 0 Å². The highest BCUT2D eigenvalue weighted by molar-refractivity contribution is 5.87. The monoisotopic (exact) mass is 196 g/mol. The maximum atomic E-state index is 11.9. The van der Waals surface area contributed by atoms with Gasteiger partial charge in [-0.05, 0) is 24.7 Å². The molecule has 0 spiro atoms. The Morgan fingerprint density at radius 1 is 1.57 bits per heavy atom. The third kappa shape index (κ3) is 2.23. The molecule has 0 saturated heterocycles. The number of Topliss-reactive ketones (excluding diaryl/α,β-unsaturated/α-hetero) is 1. The molecule has 0 unspecified atom stereocenters. The first-order valence-electron chi connectivity index (χ1n) is 5.46. The second kappa shape index (κ2) is 4.24. The molecule has 0 radical (unpaired) electrons. The standard InChI is InChI=1S/C12H20O2/c1-9(2)10-4-5-12(3,6-7-13)11(14)8-10/h7,9-10H,4-6,8H2,1-3H3/t10-,12+/m0/s1. The fourth-order valence-electron chi connectivity index (χ4n) is 2.20. The van der Waals surface area contributed by atoms with Crippen molar-refractivity contribution in [2.24, 2.45) is 17.3 Å². The smallest absolute Gasteiger partial charge is 0.139 e. The van der Waals surface area contributed by atoms with Crippen molar-refractivity contribution >= 4 is 12.1 Å². The van der Waals surface area contributed by atoms with E-state index in [0.717, 1.165) is 19.1 Å². The molecule has 2 heteroatoms. The summed E-state index contributed by atoms with van der Waals surface area (Å²) in [5.74, 6) is 1.40. The molecule has 0 aliphatic heterocycles. The number of ketones is 1. The SMILES string of the molecule is CC(C)[C@H]1CC[C@](C)(CC=O)C(=O)C1. The lowest BCUT2D eigenvalue weighted by Crippen LogP contribution is -2.36. The lowest BCUT2D eigenvalue weighted by molar-refractivity contribution is -0.135. The number of hydrogen-bond acceptors (Lipinski definition) is 2. The number of carbonyl (C=O) groups is 2. The predicted octanol–water partition coefficient (Wildman–Crippen LogP) is 2.61. The Morgan fingerprint density at radius 2 is 2.21 bits per heavy atom. The summed E-state index contributed by atoms with van der Waals surface area (Å²) in [6, 6.07) is 0. The summed E-state index contributed by atoms with van der Waals surface area (Å²) < 4.78 is 0. The number of aldehydes is 1.